The second-order valence-corrected chi connectivity index (χ2v) is 13.1. The number of halogens is 1. The monoisotopic (exact) mass is 609 g/mol. The smallest absolute Gasteiger partial charge is 0.410 e. The molecule has 1 amide bonds. The van der Waals surface area contributed by atoms with E-state index in [1.165, 1.54) is 12.1 Å². The van der Waals surface area contributed by atoms with E-state index in [1.54, 1.807) is 21.7 Å². The summed E-state index contributed by atoms with van der Waals surface area (Å²) in [4.78, 5) is 27.6. The second-order valence-electron chi connectivity index (χ2n) is 13.1. The van der Waals surface area contributed by atoms with Crippen molar-refractivity contribution in [1.82, 2.24) is 14.7 Å². The molecule has 0 N–H and O–H groups in total. The van der Waals surface area contributed by atoms with Crippen molar-refractivity contribution < 1.29 is 23.5 Å². The van der Waals surface area contributed by atoms with Crippen LogP contribution >= 0.6 is 0 Å². The molecule has 2 aliphatic rings. The van der Waals surface area contributed by atoms with Gasteiger partial charge >= 0.3 is 12.1 Å². The highest BCUT2D eigenvalue weighted by atomic mass is 19.1. The van der Waals surface area contributed by atoms with Crippen molar-refractivity contribution in [3.05, 3.63) is 108 Å². The molecule has 234 valence electrons. The fraction of sp³-hybridized carbons (Fsp3) is 0.378. The maximum Gasteiger partial charge on any atom is 0.410 e. The summed E-state index contributed by atoms with van der Waals surface area (Å²) in [6, 6.07) is 24.4. The minimum absolute atomic E-state index is 0.104. The van der Waals surface area contributed by atoms with Crippen molar-refractivity contribution in [2.75, 3.05) is 13.1 Å². The lowest BCUT2D eigenvalue weighted by molar-refractivity contribution is -0.151. The van der Waals surface area contributed by atoms with Crippen molar-refractivity contribution in [1.29, 1.82) is 0 Å². The van der Waals surface area contributed by atoms with Crippen LogP contribution in [0.2, 0.25) is 0 Å². The fourth-order valence-electron chi connectivity index (χ4n) is 6.29. The van der Waals surface area contributed by atoms with Crippen molar-refractivity contribution in [2.24, 2.45) is 5.92 Å². The number of benzene rings is 3. The topological polar surface area (TPSA) is 73.7 Å². The van der Waals surface area contributed by atoms with Crippen LogP contribution in [0, 0.1) is 11.7 Å². The molecule has 6 rings (SSSR count). The van der Waals surface area contributed by atoms with Crippen LogP contribution < -0.4 is 0 Å². The number of rotatable bonds is 7. The highest BCUT2D eigenvalue weighted by molar-refractivity contribution is 5.76. The van der Waals surface area contributed by atoms with E-state index in [0.29, 0.717) is 13.1 Å². The molecule has 8 heteroatoms. The third kappa shape index (κ3) is 7.11. The Hall–Kier alpha value is -4.46. The molecule has 2 heterocycles. The van der Waals surface area contributed by atoms with E-state index in [2.05, 4.69) is 24.3 Å². The van der Waals surface area contributed by atoms with Crippen LogP contribution in [-0.2, 0) is 20.9 Å². The number of aromatic nitrogens is 2. The Bertz CT molecular complexity index is 1620. The van der Waals surface area contributed by atoms with Crippen molar-refractivity contribution >= 4 is 12.1 Å². The van der Waals surface area contributed by atoms with Gasteiger partial charge in [0.1, 0.15) is 18.0 Å². The van der Waals surface area contributed by atoms with Gasteiger partial charge in [-0.2, -0.15) is 5.10 Å². The molecule has 7 nitrogen and oxygen atoms in total. The fourth-order valence-corrected chi connectivity index (χ4v) is 6.29. The van der Waals surface area contributed by atoms with Gasteiger partial charge in [0.05, 0.1) is 17.3 Å². The Labute approximate surface area is 264 Å². The third-order valence-corrected chi connectivity index (χ3v) is 8.70. The number of carbonyl (C=O) groups is 2. The number of hydrogen-bond donors (Lipinski definition) is 0. The average molecular weight is 610 g/mol. The predicted octanol–water partition coefficient (Wildman–Crippen LogP) is 8.03. The number of amides is 1. The van der Waals surface area contributed by atoms with Gasteiger partial charge in [-0.25, -0.2) is 13.9 Å². The molecular formula is C37H40FN3O4. The minimum Gasteiger partial charge on any atom is -0.461 e. The van der Waals surface area contributed by atoms with Crippen LogP contribution in [0.4, 0.5) is 9.18 Å². The van der Waals surface area contributed by atoms with Gasteiger partial charge in [-0.15, -0.1) is 0 Å². The highest BCUT2D eigenvalue weighted by Gasteiger charge is 2.37. The largest absolute Gasteiger partial charge is 0.461 e. The molecule has 0 radical (unpaired) electrons. The van der Waals surface area contributed by atoms with Gasteiger partial charge in [-0.3, -0.25) is 4.79 Å². The molecule has 0 bridgehead atoms. The highest BCUT2D eigenvalue weighted by Crippen LogP contribution is 2.42. The Kier molecular flexibility index (Phi) is 8.74. The Morgan fingerprint density at radius 1 is 0.911 bits per heavy atom. The number of carbonyl (C=O) groups excluding carboxylic acids is 2. The molecule has 4 aromatic rings. The summed E-state index contributed by atoms with van der Waals surface area (Å²) in [6.45, 7) is 7.10. The zero-order valence-corrected chi connectivity index (χ0v) is 26.1. The molecule has 0 spiro atoms. The lowest BCUT2D eigenvalue weighted by Crippen LogP contribution is -2.50. The average Bonchev–Trinajstić information content (AvgIpc) is 3.45. The number of ether oxygens (including phenoxy) is 2. The molecule has 1 saturated heterocycles. The zero-order chi connectivity index (χ0) is 31.6. The lowest BCUT2D eigenvalue weighted by Gasteiger charge is -2.40. The number of nitrogens with zero attached hydrogens (tertiary/aromatic N) is 3. The Morgan fingerprint density at radius 3 is 2.29 bits per heavy atom. The van der Waals surface area contributed by atoms with Gasteiger partial charge in [0.2, 0.25) is 0 Å². The quantitative estimate of drug-likeness (QED) is 0.198. The first-order chi connectivity index (χ1) is 21.6. The molecule has 2 fully saturated rings. The van der Waals surface area contributed by atoms with E-state index in [-0.39, 0.29) is 42.2 Å². The molecule has 1 aromatic heterocycles. The summed E-state index contributed by atoms with van der Waals surface area (Å²) in [6.07, 6.45) is 5.25. The first-order valence-corrected chi connectivity index (χ1v) is 15.8. The summed E-state index contributed by atoms with van der Waals surface area (Å²) in [5.41, 5.74) is 5.14. The van der Waals surface area contributed by atoms with Crippen molar-refractivity contribution in [2.45, 2.75) is 70.5 Å². The molecule has 1 saturated carbocycles. The summed E-state index contributed by atoms with van der Waals surface area (Å²) >= 11 is 0. The standard InChI is InChI=1S/C37H40FN3O4/c1-37(2,3)45-36(43)40-21-28(22-40)26-13-15-27(16-14-26)33-23-41(30-19-17-29(38)18-20-30)39-34(33)31-11-7-8-12-32(31)35(42)44-24-25-9-5-4-6-10-25/h4-6,9-10,13-20,23,28,31-32H,7-8,11-12,21-22,24H2,1-3H3/t31-,32-/m1/s1. The van der Waals surface area contributed by atoms with E-state index in [1.807, 2.05) is 57.3 Å². The van der Waals surface area contributed by atoms with Crippen LogP contribution in [0.25, 0.3) is 16.8 Å². The van der Waals surface area contributed by atoms with Gasteiger partial charge in [0.25, 0.3) is 0 Å². The van der Waals surface area contributed by atoms with Crippen LogP contribution in [0.1, 0.15) is 75.1 Å². The number of likely N-dealkylation sites (tertiary alicyclic amines) is 1. The molecule has 3 aromatic carbocycles. The van der Waals surface area contributed by atoms with Crippen molar-refractivity contribution in [3.63, 3.8) is 0 Å². The Morgan fingerprint density at radius 2 is 1.60 bits per heavy atom. The molecule has 1 aliphatic heterocycles. The summed E-state index contributed by atoms with van der Waals surface area (Å²) < 4.78 is 26.9. The summed E-state index contributed by atoms with van der Waals surface area (Å²) in [5, 5.41) is 5.03. The van der Waals surface area contributed by atoms with Crippen molar-refractivity contribution in [3.8, 4) is 16.8 Å². The molecular weight excluding hydrogens is 569 g/mol. The van der Waals surface area contributed by atoms with Crippen LogP contribution in [-0.4, -0.2) is 45.4 Å². The normalized spacial score (nSPS) is 18.7. The lowest BCUT2D eigenvalue weighted by atomic mass is 9.76. The first kappa shape index (κ1) is 30.6. The van der Waals surface area contributed by atoms with E-state index >= 15 is 0 Å². The van der Waals surface area contributed by atoms with E-state index in [9.17, 15) is 14.0 Å². The third-order valence-electron chi connectivity index (χ3n) is 8.70. The van der Waals surface area contributed by atoms with Gasteiger partial charge < -0.3 is 14.4 Å². The molecule has 1 aliphatic carbocycles. The van der Waals surface area contributed by atoms with Crippen LogP contribution in [0.3, 0.4) is 0 Å². The number of esters is 1. The molecule has 2 atom stereocenters. The van der Waals surface area contributed by atoms with Gasteiger partial charge in [-0.05, 0) is 74.6 Å². The second kappa shape index (κ2) is 12.9. The maximum atomic E-state index is 13.7. The van der Waals surface area contributed by atoms with Gasteiger partial charge in [0.15, 0.2) is 0 Å². The van der Waals surface area contributed by atoms with Gasteiger partial charge in [0, 0.05) is 36.7 Å². The Balaban J connectivity index is 1.25. The predicted molar refractivity (Wildman–Crippen MR) is 170 cm³/mol. The minimum atomic E-state index is -0.518. The summed E-state index contributed by atoms with van der Waals surface area (Å²) in [7, 11) is 0. The number of hydrogen-bond acceptors (Lipinski definition) is 5. The SMILES string of the molecule is CC(C)(C)OC(=O)N1CC(c2ccc(-c3cn(-c4ccc(F)cc4)nc3[C@@H]3CCCC[C@H]3C(=O)OCc3ccccc3)cc2)C1. The molecule has 45 heavy (non-hydrogen) atoms. The summed E-state index contributed by atoms with van der Waals surface area (Å²) in [5.74, 6) is -0.661. The van der Waals surface area contributed by atoms with E-state index < -0.39 is 5.60 Å². The van der Waals surface area contributed by atoms with E-state index in [4.69, 9.17) is 14.6 Å². The van der Waals surface area contributed by atoms with E-state index in [0.717, 1.165) is 59.3 Å². The van der Waals surface area contributed by atoms with Crippen LogP contribution in [0.15, 0.2) is 85.1 Å². The van der Waals surface area contributed by atoms with Crippen LogP contribution in [0.5, 0.6) is 0 Å². The maximum absolute atomic E-state index is 13.7. The zero-order valence-electron chi connectivity index (χ0n) is 26.1. The first-order valence-electron chi connectivity index (χ1n) is 15.8. The van der Waals surface area contributed by atoms with Gasteiger partial charge in [-0.1, -0.05) is 67.4 Å². The molecule has 0 unspecified atom stereocenters.